The molecule has 82 heavy (non-hydrogen) atoms. The SMILES string of the molecule is NC(=O)CC[C@H](NC(=O)[C@@H]1Cc2cccc3c2N1C(=O)[C@@H](NC(=O)c1cn2ccc(C(F)(F)P(=O)(O)O)cc2n1)CC3)C(=O)C[C@H](C(=O)CCCCCCCCC#Cc1cccc2c1CN(C1CCC(=O)NC1=O)C2=O)c1ccccc1. The van der Waals surface area contributed by atoms with E-state index in [1.54, 1.807) is 60.7 Å². The minimum absolute atomic E-state index is 0.0429. The molecule has 9 rings (SSSR count). The summed E-state index contributed by atoms with van der Waals surface area (Å²) in [4.78, 5) is 146. The van der Waals surface area contributed by atoms with Gasteiger partial charge in [-0.25, -0.2) is 4.98 Å². The maximum absolute atomic E-state index is 14.6. The fraction of sp³-hybridized carbons (Fsp3) is 0.390. The lowest BCUT2D eigenvalue weighted by molar-refractivity contribution is -0.137. The Labute approximate surface area is 470 Å². The number of hydrogen-bond donors (Lipinski definition) is 6. The summed E-state index contributed by atoms with van der Waals surface area (Å²) in [6.07, 6.45) is 8.04. The molecule has 3 aromatic carbocycles. The molecule has 0 spiro atoms. The van der Waals surface area contributed by atoms with Crippen LogP contribution in [0.2, 0.25) is 0 Å². The van der Waals surface area contributed by atoms with Crippen LogP contribution < -0.4 is 26.6 Å². The Kier molecular flexibility index (Phi) is 17.7. The number of hydrogen-bond acceptors (Lipinski definition) is 11. The number of nitrogens with one attached hydrogen (secondary N) is 3. The number of benzene rings is 3. The first kappa shape index (κ1) is 58.4. The molecule has 2 aromatic heterocycles. The van der Waals surface area contributed by atoms with Crippen molar-refractivity contribution in [1.82, 2.24) is 30.2 Å². The molecule has 7 N–H and O–H groups in total. The normalized spacial score (nSPS) is 18.4. The number of unbranched alkanes of at least 4 members (excludes halogenated alkanes) is 6. The van der Waals surface area contributed by atoms with Crippen LogP contribution >= 0.6 is 7.60 Å². The lowest BCUT2D eigenvalue weighted by Gasteiger charge is -2.29. The first-order valence-electron chi connectivity index (χ1n) is 27.3. The molecule has 1 fully saturated rings. The Hall–Kier alpha value is -8.25. The average molecular weight is 1140 g/mol. The number of imidazole rings is 1. The number of nitrogens with two attached hydrogens (primary N) is 1. The number of alkyl halides is 2. The van der Waals surface area contributed by atoms with Crippen molar-refractivity contribution in [3.63, 3.8) is 0 Å². The molecule has 4 aliphatic rings. The fourth-order valence-electron chi connectivity index (χ4n) is 11.2. The third-order valence-corrected chi connectivity index (χ3v) is 16.6. The minimum Gasteiger partial charge on any atom is -0.370 e. The van der Waals surface area contributed by atoms with Crippen molar-refractivity contribution >= 4 is 71.8 Å². The highest BCUT2D eigenvalue weighted by Gasteiger charge is 2.51. The molecule has 5 aromatic rings. The van der Waals surface area contributed by atoms with E-state index in [0.29, 0.717) is 47.2 Å². The number of Topliss-reactive ketones (excluding diaryl/α,β-unsaturated/α-hetero) is 2. The van der Waals surface area contributed by atoms with Crippen LogP contribution in [0.15, 0.2) is 91.3 Å². The van der Waals surface area contributed by atoms with Gasteiger partial charge in [-0.2, -0.15) is 8.78 Å². The molecule has 4 aliphatic heterocycles. The van der Waals surface area contributed by atoms with Crippen LogP contribution in [0.25, 0.3) is 5.65 Å². The number of para-hydroxylation sites is 1. The number of nitrogens with zero attached hydrogens (tertiary/aromatic N) is 4. The molecule has 428 valence electrons. The number of carbonyl (C=O) groups is 9. The summed E-state index contributed by atoms with van der Waals surface area (Å²) in [6.45, 7) is 0.246. The van der Waals surface area contributed by atoms with Crippen molar-refractivity contribution in [2.45, 2.75) is 145 Å². The van der Waals surface area contributed by atoms with E-state index in [2.05, 4.69) is 32.8 Å². The number of halogens is 2. The number of amides is 7. The van der Waals surface area contributed by atoms with Gasteiger partial charge in [-0.05, 0) is 85.0 Å². The maximum Gasteiger partial charge on any atom is 0.399 e. The molecule has 5 atom stereocenters. The van der Waals surface area contributed by atoms with Gasteiger partial charge in [-0.3, -0.25) is 57.9 Å². The largest absolute Gasteiger partial charge is 0.399 e. The monoisotopic (exact) mass is 1140 g/mol. The standard InChI is InChI=1S/C59H61F2N8O12P/c60-59(61,82(79,80)81)39-28-29-67-34-45(63-51(67)31-39)54(74)65-44-23-22-37-18-12-19-38-30-47(69(53(37)38)58(44)78)56(76)64-43(24-26-50(62)72)49(71)32-41(35-14-9-7-10-15-35)48(70)21-11-6-4-2-1-3-5-8-16-36-17-13-20-40-42(36)33-68(57(40)77)46-25-27-52(73)66-55(46)75/h7,9-10,12-15,17-20,28-29,31,34,41,43-44,46-47H,1-6,11,21-27,30,32-33H2,(H2,62,72)(H,64,76)(H,65,74)(H,66,73,75)(H2,79,80,81)/t41-,43-,44-,46?,47-/m0/s1. The zero-order valence-electron chi connectivity index (χ0n) is 44.6. The number of imide groups is 1. The van der Waals surface area contributed by atoms with Gasteiger partial charge in [-0.15, -0.1) is 0 Å². The minimum atomic E-state index is -5.90. The Morgan fingerprint density at radius 1 is 0.866 bits per heavy atom. The van der Waals surface area contributed by atoms with Crippen molar-refractivity contribution in [3.05, 3.63) is 136 Å². The summed E-state index contributed by atoms with van der Waals surface area (Å²) in [5.74, 6) is 0.831. The van der Waals surface area contributed by atoms with Crippen molar-refractivity contribution in [2.75, 3.05) is 4.90 Å². The van der Waals surface area contributed by atoms with E-state index in [4.69, 9.17) is 5.73 Å². The highest BCUT2D eigenvalue weighted by atomic mass is 31.2. The summed E-state index contributed by atoms with van der Waals surface area (Å²) in [5, 5.41) is 7.76. The molecule has 0 bridgehead atoms. The first-order valence-corrected chi connectivity index (χ1v) is 28.9. The molecule has 23 heteroatoms. The number of pyridine rings is 1. The zero-order chi connectivity index (χ0) is 58.5. The third kappa shape index (κ3) is 12.8. The van der Waals surface area contributed by atoms with Crippen LogP contribution in [0.3, 0.4) is 0 Å². The Balaban J connectivity index is 0.792. The van der Waals surface area contributed by atoms with Crippen molar-refractivity contribution < 1.29 is 66.3 Å². The fourth-order valence-corrected chi connectivity index (χ4v) is 11.7. The van der Waals surface area contributed by atoms with Crippen LogP contribution in [0.4, 0.5) is 14.5 Å². The van der Waals surface area contributed by atoms with E-state index in [0.717, 1.165) is 61.6 Å². The predicted octanol–water partition coefficient (Wildman–Crippen LogP) is 5.56. The van der Waals surface area contributed by atoms with Crippen LogP contribution in [-0.2, 0) is 63.2 Å². The van der Waals surface area contributed by atoms with Crippen molar-refractivity contribution in [1.29, 1.82) is 0 Å². The Morgan fingerprint density at radius 3 is 2.34 bits per heavy atom. The number of piperidine rings is 1. The number of primary amides is 1. The predicted molar refractivity (Wildman–Crippen MR) is 293 cm³/mol. The molecule has 20 nitrogen and oxygen atoms in total. The van der Waals surface area contributed by atoms with Gasteiger partial charge in [0.2, 0.25) is 29.5 Å². The molecule has 0 aliphatic carbocycles. The zero-order valence-corrected chi connectivity index (χ0v) is 45.5. The third-order valence-electron chi connectivity index (χ3n) is 15.6. The van der Waals surface area contributed by atoms with E-state index in [9.17, 15) is 66.3 Å². The maximum atomic E-state index is 14.6. The molecule has 0 saturated carbocycles. The van der Waals surface area contributed by atoms with E-state index < -0.39 is 84.2 Å². The number of fused-ring (bicyclic) bond motifs is 2. The number of rotatable bonds is 23. The van der Waals surface area contributed by atoms with Gasteiger partial charge in [0.25, 0.3) is 11.8 Å². The lowest BCUT2D eigenvalue weighted by Crippen LogP contribution is -2.56. The van der Waals surface area contributed by atoms with Gasteiger partial charge in [0, 0.05) is 80.1 Å². The Bertz CT molecular complexity index is 3500. The summed E-state index contributed by atoms with van der Waals surface area (Å²) in [6, 6.07) is 16.6. The summed E-state index contributed by atoms with van der Waals surface area (Å²) in [7, 11) is -5.90. The summed E-state index contributed by atoms with van der Waals surface area (Å²) >= 11 is 0. The molecular formula is C59H61F2N8O12P. The molecule has 1 saturated heterocycles. The molecule has 0 radical (unpaired) electrons. The summed E-state index contributed by atoms with van der Waals surface area (Å²) in [5.41, 5.74) is 3.94. The second kappa shape index (κ2) is 24.9. The number of anilines is 1. The van der Waals surface area contributed by atoms with Crippen LogP contribution in [-0.4, -0.2) is 101 Å². The first-order chi connectivity index (χ1) is 39.2. The average Bonchev–Trinajstić information content (AvgIpc) is 4.17. The van der Waals surface area contributed by atoms with Gasteiger partial charge < -0.3 is 35.5 Å². The Morgan fingerprint density at radius 2 is 1.60 bits per heavy atom. The highest BCUT2D eigenvalue weighted by Crippen LogP contribution is 2.59. The van der Waals surface area contributed by atoms with Crippen LogP contribution in [0.1, 0.15) is 150 Å². The quantitative estimate of drug-likeness (QED) is 0.0202. The van der Waals surface area contributed by atoms with Crippen LogP contribution in [0.5, 0.6) is 0 Å². The van der Waals surface area contributed by atoms with Gasteiger partial charge in [0.1, 0.15) is 35.2 Å². The van der Waals surface area contributed by atoms with Gasteiger partial charge >= 0.3 is 13.3 Å². The summed E-state index contributed by atoms with van der Waals surface area (Å²) < 4.78 is 41.7. The van der Waals surface area contributed by atoms with E-state index in [-0.39, 0.29) is 86.9 Å². The topological polar surface area (TPSA) is 297 Å². The second-order valence-corrected chi connectivity index (χ2v) is 22.8. The van der Waals surface area contributed by atoms with Crippen molar-refractivity contribution in [2.24, 2.45) is 5.73 Å². The van der Waals surface area contributed by atoms with E-state index in [1.807, 2.05) is 6.07 Å². The lowest BCUT2D eigenvalue weighted by atomic mass is 9.85. The smallest absolute Gasteiger partial charge is 0.370 e. The molecular weight excluding hydrogens is 1080 g/mol. The van der Waals surface area contributed by atoms with Gasteiger partial charge in [0.05, 0.1) is 11.7 Å². The van der Waals surface area contributed by atoms with Gasteiger partial charge in [0.15, 0.2) is 5.78 Å². The molecule has 1 unspecified atom stereocenters. The molecule has 6 heterocycles. The van der Waals surface area contributed by atoms with Gasteiger partial charge in [-0.1, -0.05) is 92.1 Å². The number of ketones is 2. The number of aryl methyl sites for hydroxylation is 1. The molecule has 7 amide bonds. The number of carbonyl (C=O) groups excluding carboxylic acids is 9. The van der Waals surface area contributed by atoms with E-state index >= 15 is 0 Å². The second-order valence-electron chi connectivity index (χ2n) is 21.1. The van der Waals surface area contributed by atoms with Crippen molar-refractivity contribution in [3.8, 4) is 11.8 Å². The highest BCUT2D eigenvalue weighted by molar-refractivity contribution is 7.52. The van der Waals surface area contributed by atoms with E-state index in [1.165, 1.54) is 20.4 Å². The number of aromatic nitrogens is 2. The van der Waals surface area contributed by atoms with Crippen LogP contribution in [0, 0.1) is 11.8 Å².